The molecule has 1 aromatic rings. The summed E-state index contributed by atoms with van der Waals surface area (Å²) in [7, 11) is 10.5. The average Bonchev–Trinajstić information content (AvgIpc) is 1.80. The molecule has 0 aliphatic carbocycles. The first-order chi connectivity index (χ1) is 4.20. The molecule has 40 valence electrons. The van der Waals surface area contributed by atoms with Crippen LogP contribution >= 0.6 is 0 Å². The molecule has 3 nitrogen and oxygen atoms in total. The minimum atomic E-state index is 0.176. The monoisotopic (exact) mass is 115 g/mol. The van der Waals surface area contributed by atoms with E-state index in [1.54, 1.807) is 0 Å². The molecule has 0 spiro atoms. The molecule has 1 heterocycles. The quantitative estimate of drug-likeness (QED) is 0.385. The van der Waals surface area contributed by atoms with Crippen LogP contribution in [0.3, 0.4) is 0 Å². The Morgan fingerprint density at radius 1 is 1.44 bits per heavy atom. The highest BCUT2D eigenvalue weighted by atomic mass is 14.9. The van der Waals surface area contributed by atoms with Crippen LogP contribution in [0, 0.1) is 0 Å². The van der Waals surface area contributed by atoms with Gasteiger partial charge in [-0.1, -0.05) is 0 Å². The lowest BCUT2D eigenvalue weighted by molar-refractivity contribution is 1.30. The SMILES string of the molecule is [B]c1cnc([B])c(N)n1. The average molecular weight is 115 g/mol. The Bertz CT molecular complexity index is 225. The number of rotatable bonds is 0. The van der Waals surface area contributed by atoms with Crippen LogP contribution in [0.25, 0.3) is 0 Å². The van der Waals surface area contributed by atoms with E-state index in [1.165, 1.54) is 6.20 Å². The molecule has 0 atom stereocenters. The zero-order valence-corrected chi connectivity index (χ0v) is 4.70. The lowest BCUT2D eigenvalue weighted by Gasteiger charge is -1.97. The van der Waals surface area contributed by atoms with Gasteiger partial charge in [0.1, 0.15) is 21.5 Å². The number of nitrogens with two attached hydrogens (primary N) is 1. The highest BCUT2D eigenvalue weighted by molar-refractivity contribution is 6.35. The van der Waals surface area contributed by atoms with Crippen LogP contribution in [0.1, 0.15) is 0 Å². The summed E-state index contributed by atoms with van der Waals surface area (Å²) in [6.45, 7) is 0. The molecule has 0 amide bonds. The Kier molecular flexibility index (Phi) is 1.42. The lowest BCUT2D eigenvalue weighted by atomic mass is 10.0. The molecule has 2 N–H and O–H groups in total. The van der Waals surface area contributed by atoms with Crippen molar-refractivity contribution in [1.82, 2.24) is 9.97 Å². The van der Waals surface area contributed by atoms with Gasteiger partial charge in [0.2, 0.25) is 0 Å². The fourth-order valence-corrected chi connectivity index (χ4v) is 0.427. The predicted molar refractivity (Wildman–Crippen MR) is 37.2 cm³/mol. The summed E-state index contributed by atoms with van der Waals surface area (Å²) in [6.07, 6.45) is 1.35. The maximum atomic E-state index is 5.24. The molecule has 0 saturated heterocycles. The van der Waals surface area contributed by atoms with Gasteiger partial charge in [0.05, 0.1) is 0 Å². The van der Waals surface area contributed by atoms with Crippen LogP contribution in [-0.2, 0) is 0 Å². The molecule has 0 saturated carbocycles. The minimum absolute atomic E-state index is 0.176. The molecule has 0 bridgehead atoms. The normalized spacial score (nSPS) is 9.33. The Hall–Kier alpha value is -0.990. The molecule has 0 aliphatic rings. The van der Waals surface area contributed by atoms with Gasteiger partial charge in [0, 0.05) is 17.4 Å². The van der Waals surface area contributed by atoms with Crippen LogP contribution in [-0.4, -0.2) is 25.7 Å². The van der Waals surface area contributed by atoms with E-state index in [4.69, 9.17) is 21.4 Å². The summed E-state index contributed by atoms with van der Waals surface area (Å²) in [5.74, 6) is 0.176. The van der Waals surface area contributed by atoms with Gasteiger partial charge in [-0.15, -0.1) is 0 Å². The first-order valence-corrected chi connectivity index (χ1v) is 2.33. The molecule has 0 fully saturated rings. The van der Waals surface area contributed by atoms with E-state index >= 15 is 0 Å². The Labute approximate surface area is 55.5 Å². The first kappa shape index (κ1) is 6.13. The third kappa shape index (κ3) is 1.22. The summed E-state index contributed by atoms with van der Waals surface area (Å²) in [5.41, 5.74) is 5.73. The largest absolute Gasteiger partial charge is 0.383 e. The Morgan fingerprint density at radius 2 is 2.11 bits per heavy atom. The minimum Gasteiger partial charge on any atom is -0.383 e. The van der Waals surface area contributed by atoms with Crippen molar-refractivity contribution in [1.29, 1.82) is 0 Å². The zero-order valence-electron chi connectivity index (χ0n) is 4.70. The smallest absolute Gasteiger partial charge is 0.147 e. The van der Waals surface area contributed by atoms with Crippen LogP contribution in [0.15, 0.2) is 6.20 Å². The van der Waals surface area contributed by atoms with E-state index in [0.717, 1.165) is 0 Å². The number of hydrogen-bond donors (Lipinski definition) is 1. The van der Waals surface area contributed by atoms with Crippen molar-refractivity contribution < 1.29 is 0 Å². The molecule has 1 aromatic heterocycles. The summed E-state index contributed by atoms with van der Waals surface area (Å²) in [6, 6.07) is 0. The maximum absolute atomic E-state index is 5.24. The van der Waals surface area contributed by atoms with Gasteiger partial charge in [-0.3, -0.25) is 4.98 Å². The third-order valence-electron chi connectivity index (χ3n) is 0.848. The van der Waals surface area contributed by atoms with Crippen molar-refractivity contribution in [3.63, 3.8) is 0 Å². The summed E-state index contributed by atoms with van der Waals surface area (Å²) < 4.78 is 0. The van der Waals surface area contributed by atoms with Crippen molar-refractivity contribution >= 4 is 32.7 Å². The standard InChI is InChI=1S/C4H3B2N3/c5-2-1-8-3(6)4(7)9-2/h1H,(H2,7,9). The van der Waals surface area contributed by atoms with Gasteiger partial charge in [-0.2, -0.15) is 0 Å². The third-order valence-corrected chi connectivity index (χ3v) is 0.848. The highest BCUT2D eigenvalue weighted by Gasteiger charge is 1.92. The van der Waals surface area contributed by atoms with Crippen molar-refractivity contribution in [2.24, 2.45) is 0 Å². The van der Waals surface area contributed by atoms with Gasteiger partial charge in [-0.05, 0) is 0 Å². The van der Waals surface area contributed by atoms with Gasteiger partial charge in [0.25, 0.3) is 0 Å². The van der Waals surface area contributed by atoms with E-state index in [0.29, 0.717) is 0 Å². The summed E-state index contributed by atoms with van der Waals surface area (Å²) >= 11 is 0. The fourth-order valence-electron chi connectivity index (χ4n) is 0.427. The van der Waals surface area contributed by atoms with Crippen molar-refractivity contribution in [2.75, 3.05) is 5.73 Å². The van der Waals surface area contributed by atoms with Crippen molar-refractivity contribution in [3.8, 4) is 0 Å². The molecule has 0 unspecified atom stereocenters. The Balaban J connectivity index is 3.17. The molecule has 5 heteroatoms. The Morgan fingerprint density at radius 3 is 2.56 bits per heavy atom. The van der Waals surface area contributed by atoms with Crippen LogP contribution in [0.5, 0.6) is 0 Å². The molecule has 9 heavy (non-hydrogen) atoms. The van der Waals surface area contributed by atoms with Gasteiger partial charge >= 0.3 is 0 Å². The first-order valence-electron chi connectivity index (χ1n) is 2.33. The lowest BCUT2D eigenvalue weighted by Crippen LogP contribution is -2.23. The number of anilines is 1. The zero-order chi connectivity index (χ0) is 6.85. The number of hydrogen-bond acceptors (Lipinski definition) is 3. The van der Waals surface area contributed by atoms with Crippen LogP contribution in [0.4, 0.5) is 5.82 Å². The van der Waals surface area contributed by atoms with Crippen LogP contribution < -0.4 is 16.9 Å². The molecular formula is C4H3B2N3. The van der Waals surface area contributed by atoms with E-state index in [9.17, 15) is 0 Å². The molecule has 0 aliphatic heterocycles. The maximum Gasteiger partial charge on any atom is 0.147 e. The van der Waals surface area contributed by atoms with E-state index < -0.39 is 0 Å². The summed E-state index contributed by atoms with van der Waals surface area (Å²) in [5, 5.41) is 0. The van der Waals surface area contributed by atoms with Crippen LogP contribution in [0.2, 0.25) is 0 Å². The summed E-state index contributed by atoms with van der Waals surface area (Å²) in [4.78, 5) is 7.28. The van der Waals surface area contributed by atoms with E-state index in [-0.39, 0.29) is 17.0 Å². The number of aromatic nitrogens is 2. The molecule has 4 radical (unpaired) electrons. The van der Waals surface area contributed by atoms with E-state index in [1.807, 2.05) is 0 Å². The molecule has 1 rings (SSSR count). The topological polar surface area (TPSA) is 51.8 Å². The fraction of sp³-hybridized carbons (Fsp3) is 0. The van der Waals surface area contributed by atoms with Gasteiger partial charge in [-0.25, -0.2) is 4.98 Å². The van der Waals surface area contributed by atoms with Gasteiger partial charge in [0.15, 0.2) is 0 Å². The van der Waals surface area contributed by atoms with Crippen molar-refractivity contribution in [3.05, 3.63) is 6.20 Å². The van der Waals surface area contributed by atoms with E-state index in [2.05, 4.69) is 9.97 Å². The molecule has 0 aromatic carbocycles. The second kappa shape index (κ2) is 2.09. The highest BCUT2D eigenvalue weighted by Crippen LogP contribution is 1.78. The van der Waals surface area contributed by atoms with Crippen molar-refractivity contribution in [2.45, 2.75) is 0 Å². The molecular weight excluding hydrogens is 112 g/mol. The number of nitrogens with zero attached hydrogens (tertiary/aromatic N) is 2. The van der Waals surface area contributed by atoms with Gasteiger partial charge < -0.3 is 5.73 Å². The second-order valence-electron chi connectivity index (χ2n) is 1.57. The second-order valence-corrected chi connectivity index (χ2v) is 1.57. The predicted octanol–water partition coefficient (Wildman–Crippen LogP) is -2.35. The number of nitrogen functional groups attached to an aromatic ring is 1.